The predicted octanol–water partition coefficient (Wildman–Crippen LogP) is 2.42. The van der Waals surface area contributed by atoms with Crippen molar-refractivity contribution in [2.45, 2.75) is 45.9 Å². The third-order valence-electron chi connectivity index (χ3n) is 4.15. The Balaban J connectivity index is 1.73. The van der Waals surface area contributed by atoms with Crippen LogP contribution in [0.4, 0.5) is 0 Å². The first-order valence-electron chi connectivity index (χ1n) is 7.32. The minimum atomic E-state index is 0.0958. The van der Waals surface area contributed by atoms with Crippen LogP contribution in [-0.4, -0.2) is 27.4 Å². The lowest BCUT2D eigenvalue weighted by molar-refractivity contribution is 0.0973. The first-order valence-corrected chi connectivity index (χ1v) is 8.20. The van der Waals surface area contributed by atoms with Crippen LogP contribution in [0.3, 0.4) is 0 Å². The molecule has 1 N–H and O–H groups in total. The highest BCUT2D eigenvalue weighted by Crippen LogP contribution is 2.33. The van der Waals surface area contributed by atoms with Crippen LogP contribution < -0.4 is 5.32 Å². The van der Waals surface area contributed by atoms with Gasteiger partial charge in [-0.25, -0.2) is 4.98 Å². The molecule has 1 aliphatic heterocycles. The van der Waals surface area contributed by atoms with E-state index in [0.717, 1.165) is 36.0 Å². The van der Waals surface area contributed by atoms with Crippen LogP contribution in [0.25, 0.3) is 0 Å². The second-order valence-electron chi connectivity index (χ2n) is 5.63. The molecule has 1 saturated heterocycles. The van der Waals surface area contributed by atoms with Gasteiger partial charge in [-0.15, -0.1) is 11.3 Å². The summed E-state index contributed by atoms with van der Waals surface area (Å²) >= 11 is 1.70. The normalized spacial score (nSPS) is 22.1. The van der Waals surface area contributed by atoms with E-state index < -0.39 is 0 Å². The molecular weight excluding hydrogens is 284 g/mol. The van der Waals surface area contributed by atoms with Gasteiger partial charge in [-0.1, -0.05) is 0 Å². The molecule has 0 spiro atoms. The summed E-state index contributed by atoms with van der Waals surface area (Å²) in [6.07, 6.45) is 1.13. The van der Waals surface area contributed by atoms with Gasteiger partial charge in [0.2, 0.25) is 0 Å². The molecule has 2 atom stereocenters. The zero-order chi connectivity index (χ0) is 15.0. The van der Waals surface area contributed by atoms with Gasteiger partial charge in [0, 0.05) is 42.9 Å². The lowest BCUT2D eigenvalue weighted by Crippen LogP contribution is -2.31. The van der Waals surface area contributed by atoms with Gasteiger partial charge >= 0.3 is 0 Å². The molecule has 21 heavy (non-hydrogen) atoms. The Hall–Kier alpha value is -1.24. The lowest BCUT2D eigenvalue weighted by Gasteiger charge is -2.20. The number of hydrogen-bond donors (Lipinski definition) is 1. The molecule has 114 valence electrons. The van der Waals surface area contributed by atoms with E-state index in [0.29, 0.717) is 6.04 Å². The average molecular weight is 306 g/mol. The molecule has 0 aromatic carbocycles. The third kappa shape index (κ3) is 2.88. The molecule has 3 heterocycles. The van der Waals surface area contributed by atoms with Crippen molar-refractivity contribution < 1.29 is 4.74 Å². The Morgan fingerprint density at radius 3 is 2.86 bits per heavy atom. The summed E-state index contributed by atoms with van der Waals surface area (Å²) in [5, 5.41) is 11.3. The van der Waals surface area contributed by atoms with Gasteiger partial charge in [0.1, 0.15) is 6.10 Å². The zero-order valence-electron chi connectivity index (χ0n) is 13.0. The molecule has 2 aromatic heterocycles. The van der Waals surface area contributed by atoms with Crippen LogP contribution in [0.2, 0.25) is 0 Å². The lowest BCUT2D eigenvalue weighted by atomic mass is 10.0. The van der Waals surface area contributed by atoms with Crippen LogP contribution in [0, 0.1) is 20.8 Å². The van der Waals surface area contributed by atoms with Crippen LogP contribution in [0.15, 0.2) is 5.38 Å². The average Bonchev–Trinajstić information content (AvgIpc) is 3.10. The van der Waals surface area contributed by atoms with Crippen molar-refractivity contribution in [3.05, 3.63) is 33.0 Å². The van der Waals surface area contributed by atoms with Crippen molar-refractivity contribution in [1.29, 1.82) is 0 Å². The largest absolute Gasteiger partial charge is 0.372 e. The Kier molecular flexibility index (Phi) is 4.10. The van der Waals surface area contributed by atoms with Gasteiger partial charge in [-0.05, 0) is 27.2 Å². The van der Waals surface area contributed by atoms with Gasteiger partial charge < -0.3 is 10.1 Å². The Morgan fingerprint density at radius 2 is 2.24 bits per heavy atom. The minimum absolute atomic E-state index is 0.0958. The summed E-state index contributed by atoms with van der Waals surface area (Å²) in [5.74, 6) is 0. The fourth-order valence-corrected chi connectivity index (χ4v) is 3.62. The van der Waals surface area contributed by atoms with Crippen molar-refractivity contribution in [3.63, 3.8) is 0 Å². The second kappa shape index (κ2) is 5.87. The molecule has 0 saturated carbocycles. The number of ether oxygens (including phenoxy) is 1. The molecule has 5 nitrogen and oxygen atoms in total. The van der Waals surface area contributed by atoms with Gasteiger partial charge in [0.05, 0.1) is 16.4 Å². The predicted molar refractivity (Wildman–Crippen MR) is 83.5 cm³/mol. The monoisotopic (exact) mass is 306 g/mol. The molecule has 0 unspecified atom stereocenters. The number of nitrogens with zero attached hydrogens (tertiary/aromatic N) is 3. The minimum Gasteiger partial charge on any atom is -0.372 e. The number of aromatic nitrogens is 3. The summed E-state index contributed by atoms with van der Waals surface area (Å²) in [6, 6.07) is 0.327. The van der Waals surface area contributed by atoms with Gasteiger partial charge in [-0.3, -0.25) is 4.68 Å². The van der Waals surface area contributed by atoms with E-state index in [9.17, 15) is 0 Å². The maximum Gasteiger partial charge on any atom is 0.101 e. The number of thiazole rings is 1. The molecule has 1 fully saturated rings. The number of hydrogen-bond acceptors (Lipinski definition) is 5. The molecule has 2 aromatic rings. The topological polar surface area (TPSA) is 52.0 Å². The Bertz CT molecular complexity index is 634. The van der Waals surface area contributed by atoms with Gasteiger partial charge in [0.15, 0.2) is 0 Å². The van der Waals surface area contributed by atoms with Crippen molar-refractivity contribution >= 4 is 11.3 Å². The standard InChI is InChI=1S/C15H22N4OS/c1-9-14(10(2)19(4)18-9)15-13(5-6-20-15)16-7-12-8-21-11(3)17-12/h8,13,15-16H,5-7H2,1-4H3/t13-,15-/m0/s1. The van der Waals surface area contributed by atoms with E-state index in [1.807, 2.05) is 18.7 Å². The van der Waals surface area contributed by atoms with Crippen LogP contribution in [-0.2, 0) is 18.3 Å². The quantitative estimate of drug-likeness (QED) is 0.942. The van der Waals surface area contributed by atoms with E-state index in [4.69, 9.17) is 4.74 Å². The van der Waals surface area contributed by atoms with Crippen molar-refractivity contribution in [1.82, 2.24) is 20.1 Å². The summed E-state index contributed by atoms with van der Waals surface area (Å²) in [5.41, 5.74) is 4.61. The van der Waals surface area contributed by atoms with Crippen molar-refractivity contribution in [2.75, 3.05) is 6.61 Å². The van der Waals surface area contributed by atoms with Gasteiger partial charge in [0.25, 0.3) is 0 Å². The highest BCUT2D eigenvalue weighted by molar-refractivity contribution is 7.09. The SMILES string of the molecule is Cc1nc(CN[C@H]2CCO[C@@H]2c2c(C)nn(C)c2C)cs1. The second-order valence-corrected chi connectivity index (χ2v) is 6.70. The summed E-state index contributed by atoms with van der Waals surface area (Å²) in [4.78, 5) is 4.51. The summed E-state index contributed by atoms with van der Waals surface area (Å²) < 4.78 is 7.92. The van der Waals surface area contributed by atoms with Crippen molar-refractivity contribution in [3.8, 4) is 0 Å². The zero-order valence-corrected chi connectivity index (χ0v) is 13.8. The third-order valence-corrected chi connectivity index (χ3v) is 4.98. The van der Waals surface area contributed by atoms with Crippen LogP contribution in [0.5, 0.6) is 0 Å². The molecule has 0 bridgehead atoms. The van der Waals surface area contributed by atoms with E-state index >= 15 is 0 Å². The molecule has 0 radical (unpaired) electrons. The first-order chi connectivity index (χ1) is 10.1. The van der Waals surface area contributed by atoms with E-state index in [1.54, 1.807) is 11.3 Å². The maximum absolute atomic E-state index is 5.99. The van der Waals surface area contributed by atoms with E-state index in [-0.39, 0.29) is 6.10 Å². The molecule has 0 amide bonds. The maximum atomic E-state index is 5.99. The number of aryl methyl sites for hydroxylation is 3. The van der Waals surface area contributed by atoms with Gasteiger partial charge in [-0.2, -0.15) is 5.10 Å². The fourth-order valence-electron chi connectivity index (χ4n) is 3.01. The molecule has 1 aliphatic rings. The highest BCUT2D eigenvalue weighted by atomic mass is 32.1. The summed E-state index contributed by atoms with van der Waals surface area (Å²) in [6.45, 7) is 7.81. The molecule has 3 rings (SSSR count). The van der Waals surface area contributed by atoms with E-state index in [1.165, 1.54) is 11.3 Å². The molecular formula is C15H22N4OS. The molecule has 0 aliphatic carbocycles. The molecule has 6 heteroatoms. The highest BCUT2D eigenvalue weighted by Gasteiger charge is 2.33. The fraction of sp³-hybridized carbons (Fsp3) is 0.600. The smallest absolute Gasteiger partial charge is 0.101 e. The van der Waals surface area contributed by atoms with Crippen LogP contribution in [0.1, 0.15) is 40.2 Å². The van der Waals surface area contributed by atoms with E-state index in [2.05, 4.69) is 34.6 Å². The number of nitrogens with one attached hydrogen (secondary N) is 1. The Labute approximate surface area is 129 Å². The first kappa shape index (κ1) is 14.7. The number of rotatable bonds is 4. The van der Waals surface area contributed by atoms with Crippen LogP contribution >= 0.6 is 11.3 Å². The Morgan fingerprint density at radius 1 is 1.43 bits per heavy atom. The van der Waals surface area contributed by atoms with Crippen molar-refractivity contribution in [2.24, 2.45) is 7.05 Å². The summed E-state index contributed by atoms with van der Waals surface area (Å²) in [7, 11) is 1.99.